The highest BCUT2D eigenvalue weighted by Crippen LogP contribution is 2.36. The van der Waals surface area contributed by atoms with Gasteiger partial charge in [0, 0.05) is 13.0 Å². The standard InChI is InChI=1S/C18H26N6O5S2/c1-11-3-6-18(7-4-11)15(26)24(16(27)19-18)22-13(25)9-30-17-21-20-14(23(17)2)12-5-8-31(28,29)10-12/h11-12H,3-10H2,1-2H3,(H,19,27)(H,22,25). The van der Waals surface area contributed by atoms with E-state index in [1.54, 1.807) is 11.6 Å². The second-order valence-electron chi connectivity index (χ2n) is 8.66. The number of sulfone groups is 1. The van der Waals surface area contributed by atoms with E-state index in [0.717, 1.165) is 29.6 Å². The topological polar surface area (TPSA) is 143 Å². The summed E-state index contributed by atoms with van der Waals surface area (Å²) in [7, 11) is -1.32. The van der Waals surface area contributed by atoms with Crippen molar-refractivity contribution in [3.63, 3.8) is 0 Å². The van der Waals surface area contributed by atoms with Gasteiger partial charge in [0.1, 0.15) is 11.4 Å². The van der Waals surface area contributed by atoms with Gasteiger partial charge >= 0.3 is 6.03 Å². The van der Waals surface area contributed by atoms with Gasteiger partial charge in [0.2, 0.25) is 5.91 Å². The first-order chi connectivity index (χ1) is 14.6. The summed E-state index contributed by atoms with van der Waals surface area (Å²) >= 11 is 1.11. The number of rotatable bonds is 5. The van der Waals surface area contributed by atoms with Crippen molar-refractivity contribution in [2.45, 2.75) is 55.6 Å². The molecule has 1 unspecified atom stereocenters. The lowest BCUT2D eigenvalue weighted by molar-refractivity contribution is -0.139. The molecule has 3 heterocycles. The average Bonchev–Trinajstić information content (AvgIpc) is 3.33. The number of urea groups is 1. The number of hydrogen-bond acceptors (Lipinski definition) is 8. The number of imide groups is 1. The van der Waals surface area contributed by atoms with Gasteiger partial charge in [-0.3, -0.25) is 15.0 Å². The van der Waals surface area contributed by atoms with Gasteiger partial charge in [0.25, 0.3) is 5.91 Å². The van der Waals surface area contributed by atoms with Crippen molar-refractivity contribution < 1.29 is 22.8 Å². The number of hydrazine groups is 1. The summed E-state index contributed by atoms with van der Waals surface area (Å²) < 4.78 is 25.1. The molecule has 1 saturated carbocycles. The van der Waals surface area contributed by atoms with E-state index in [4.69, 9.17) is 0 Å². The maximum Gasteiger partial charge on any atom is 0.344 e. The second-order valence-corrected chi connectivity index (χ2v) is 11.8. The molecule has 0 bridgehead atoms. The van der Waals surface area contributed by atoms with Crippen molar-refractivity contribution in [2.24, 2.45) is 13.0 Å². The molecule has 31 heavy (non-hydrogen) atoms. The molecule has 3 aliphatic rings. The lowest BCUT2D eigenvalue weighted by atomic mass is 9.77. The predicted octanol–water partition coefficient (Wildman–Crippen LogP) is 0.341. The van der Waals surface area contributed by atoms with Crippen molar-refractivity contribution in [1.82, 2.24) is 30.5 Å². The van der Waals surface area contributed by atoms with Gasteiger partial charge in [0.05, 0.1) is 17.3 Å². The summed E-state index contributed by atoms with van der Waals surface area (Å²) in [5.41, 5.74) is 1.49. The molecule has 1 spiro atoms. The van der Waals surface area contributed by atoms with Crippen LogP contribution in [0.25, 0.3) is 0 Å². The monoisotopic (exact) mass is 470 g/mol. The number of nitrogens with one attached hydrogen (secondary N) is 2. The Balaban J connectivity index is 1.34. The molecule has 13 heteroatoms. The van der Waals surface area contributed by atoms with Crippen LogP contribution >= 0.6 is 11.8 Å². The minimum atomic E-state index is -3.04. The fourth-order valence-corrected chi connectivity index (χ4v) is 6.86. The first-order valence-corrected chi connectivity index (χ1v) is 13.1. The van der Waals surface area contributed by atoms with Gasteiger partial charge in [-0.15, -0.1) is 10.2 Å². The molecule has 1 aromatic heterocycles. The van der Waals surface area contributed by atoms with E-state index in [-0.39, 0.29) is 23.2 Å². The Kier molecular flexibility index (Phi) is 5.75. The summed E-state index contributed by atoms with van der Waals surface area (Å²) in [5, 5.41) is 12.2. The highest BCUT2D eigenvalue weighted by atomic mass is 32.2. The highest BCUT2D eigenvalue weighted by Gasteiger charge is 2.52. The highest BCUT2D eigenvalue weighted by molar-refractivity contribution is 7.99. The number of amides is 4. The summed E-state index contributed by atoms with van der Waals surface area (Å²) in [5.74, 6) is 0.0802. The van der Waals surface area contributed by atoms with Crippen LogP contribution in [0, 0.1) is 5.92 Å². The normalized spacial score (nSPS) is 30.1. The summed E-state index contributed by atoms with van der Waals surface area (Å²) in [6.07, 6.45) is 3.34. The van der Waals surface area contributed by atoms with Gasteiger partial charge < -0.3 is 9.88 Å². The molecule has 4 amide bonds. The van der Waals surface area contributed by atoms with Gasteiger partial charge in [-0.1, -0.05) is 18.7 Å². The fraction of sp³-hybridized carbons (Fsp3) is 0.722. The lowest BCUT2D eigenvalue weighted by Gasteiger charge is -2.33. The molecule has 2 aliphatic heterocycles. The molecule has 3 fully saturated rings. The van der Waals surface area contributed by atoms with Crippen molar-refractivity contribution in [1.29, 1.82) is 0 Å². The zero-order chi connectivity index (χ0) is 22.4. The van der Waals surface area contributed by atoms with Crippen molar-refractivity contribution in [3.05, 3.63) is 5.82 Å². The Bertz CT molecular complexity index is 1010. The van der Waals surface area contributed by atoms with Crippen LogP contribution in [0.15, 0.2) is 5.16 Å². The SMILES string of the molecule is CC1CCC2(CC1)NC(=O)N(NC(=O)CSc1nnc(C3CCS(=O)(=O)C3)n1C)C2=O. The number of nitrogens with zero attached hydrogens (tertiary/aromatic N) is 4. The number of aromatic nitrogens is 3. The van der Waals surface area contributed by atoms with E-state index >= 15 is 0 Å². The zero-order valence-electron chi connectivity index (χ0n) is 17.5. The van der Waals surface area contributed by atoms with Crippen LogP contribution in [-0.4, -0.2) is 68.8 Å². The summed E-state index contributed by atoms with van der Waals surface area (Å²) in [6, 6.07) is -0.610. The van der Waals surface area contributed by atoms with Crippen LogP contribution < -0.4 is 10.7 Å². The van der Waals surface area contributed by atoms with Crippen LogP contribution in [0.5, 0.6) is 0 Å². The zero-order valence-corrected chi connectivity index (χ0v) is 19.1. The maximum atomic E-state index is 12.8. The van der Waals surface area contributed by atoms with Crippen LogP contribution in [0.2, 0.25) is 0 Å². The third-order valence-electron chi connectivity index (χ3n) is 6.32. The molecular weight excluding hydrogens is 444 g/mol. The Morgan fingerprint density at radius 2 is 1.97 bits per heavy atom. The largest absolute Gasteiger partial charge is 0.344 e. The average molecular weight is 471 g/mol. The fourth-order valence-electron chi connectivity index (χ4n) is 4.41. The van der Waals surface area contributed by atoms with E-state index < -0.39 is 33.2 Å². The Labute approximate surface area is 184 Å². The van der Waals surface area contributed by atoms with Crippen molar-refractivity contribution in [3.8, 4) is 0 Å². The number of carbonyl (C=O) groups excluding carboxylic acids is 3. The minimum absolute atomic E-state index is 0.0524. The van der Waals surface area contributed by atoms with Gasteiger partial charge in [-0.2, -0.15) is 5.01 Å². The van der Waals surface area contributed by atoms with Crippen molar-refractivity contribution in [2.75, 3.05) is 17.3 Å². The first-order valence-electron chi connectivity index (χ1n) is 10.3. The molecule has 2 N–H and O–H groups in total. The number of carbonyl (C=O) groups is 3. The molecule has 1 aromatic rings. The molecule has 0 aromatic carbocycles. The molecule has 1 aliphatic carbocycles. The van der Waals surface area contributed by atoms with E-state index in [1.807, 2.05) is 0 Å². The lowest BCUT2D eigenvalue weighted by Crippen LogP contribution is -2.51. The van der Waals surface area contributed by atoms with Gasteiger partial charge in [0.15, 0.2) is 15.0 Å². The van der Waals surface area contributed by atoms with Gasteiger partial charge in [-0.05, 0) is 38.0 Å². The second kappa shape index (κ2) is 8.08. The van der Waals surface area contributed by atoms with Crippen LogP contribution in [-0.2, 0) is 26.5 Å². The van der Waals surface area contributed by atoms with E-state index in [1.165, 1.54) is 0 Å². The third kappa shape index (κ3) is 4.29. The van der Waals surface area contributed by atoms with E-state index in [2.05, 4.69) is 27.9 Å². The van der Waals surface area contributed by atoms with Gasteiger partial charge in [-0.25, -0.2) is 13.2 Å². The number of hydrogen-bond donors (Lipinski definition) is 2. The molecule has 11 nitrogen and oxygen atoms in total. The molecule has 4 rings (SSSR count). The maximum absolute atomic E-state index is 12.8. The Hall–Kier alpha value is -2.15. The smallest absolute Gasteiger partial charge is 0.322 e. The predicted molar refractivity (Wildman–Crippen MR) is 112 cm³/mol. The molecule has 2 saturated heterocycles. The number of thioether (sulfide) groups is 1. The summed E-state index contributed by atoms with van der Waals surface area (Å²) in [6.45, 7) is 2.12. The van der Waals surface area contributed by atoms with Crippen LogP contribution in [0.4, 0.5) is 4.79 Å². The third-order valence-corrected chi connectivity index (χ3v) is 9.11. The van der Waals surface area contributed by atoms with Crippen LogP contribution in [0.1, 0.15) is 50.8 Å². The quantitative estimate of drug-likeness (QED) is 0.463. The van der Waals surface area contributed by atoms with E-state index in [9.17, 15) is 22.8 Å². The molecule has 170 valence electrons. The van der Waals surface area contributed by atoms with Crippen LogP contribution in [0.3, 0.4) is 0 Å². The summed E-state index contributed by atoms with van der Waals surface area (Å²) in [4.78, 5) is 37.5. The van der Waals surface area contributed by atoms with Crippen molar-refractivity contribution >= 4 is 39.4 Å². The molecule has 0 radical (unpaired) electrons. The Morgan fingerprint density at radius 1 is 1.26 bits per heavy atom. The van der Waals surface area contributed by atoms with E-state index in [0.29, 0.717) is 36.2 Å². The first kappa shape index (κ1) is 22.1. The molecular formula is C18H26N6O5S2. The minimum Gasteiger partial charge on any atom is -0.322 e. The Morgan fingerprint density at radius 3 is 2.61 bits per heavy atom. The molecule has 1 atom stereocenters.